The Bertz CT molecular complexity index is 539. The van der Waals surface area contributed by atoms with Crippen LogP contribution < -0.4 is 0 Å². The first-order chi connectivity index (χ1) is 8.16. The van der Waals surface area contributed by atoms with Gasteiger partial charge in [0.15, 0.2) is 0 Å². The number of hydrogen-bond donors (Lipinski definition) is 1. The monoisotopic (exact) mass is 249 g/mol. The number of hydrogen-bond acceptors (Lipinski definition) is 2. The molecule has 0 aliphatic heterocycles. The van der Waals surface area contributed by atoms with Gasteiger partial charge in [0.05, 0.1) is 10.6 Å². The van der Waals surface area contributed by atoms with E-state index in [0.717, 1.165) is 0 Å². The molecule has 0 unspecified atom stereocenters. The smallest absolute Gasteiger partial charge is 0.338 e. The Morgan fingerprint density at radius 1 is 1.59 bits per heavy atom. The van der Waals surface area contributed by atoms with Crippen LogP contribution in [0.5, 0.6) is 0 Å². The number of carbonyl (C=O) groups is 1. The van der Waals surface area contributed by atoms with Gasteiger partial charge in [-0.2, -0.15) is 0 Å². The largest absolute Gasteiger partial charge is 0.478 e. The molecule has 1 aromatic rings. The Morgan fingerprint density at radius 2 is 2.35 bits per heavy atom. The second kappa shape index (κ2) is 6.44. The molecule has 1 N–H and O–H groups in total. The topological polar surface area (TPSA) is 86.1 Å². The molecule has 6 heteroatoms. The molecule has 0 aliphatic rings. The molecule has 0 aliphatic carbocycles. The molecule has 0 heterocycles. The SMILES string of the molecule is [N-]=[N+]=NCCC#Cc1cccc(Cl)c1C(=O)O. The van der Waals surface area contributed by atoms with E-state index >= 15 is 0 Å². The van der Waals surface area contributed by atoms with E-state index in [1.54, 1.807) is 12.1 Å². The van der Waals surface area contributed by atoms with Crippen LogP contribution >= 0.6 is 11.6 Å². The lowest BCUT2D eigenvalue weighted by Gasteiger charge is -2.00. The van der Waals surface area contributed by atoms with E-state index in [0.29, 0.717) is 12.0 Å². The fraction of sp³-hybridized carbons (Fsp3) is 0.182. The van der Waals surface area contributed by atoms with E-state index in [9.17, 15) is 4.79 Å². The lowest BCUT2D eigenvalue weighted by atomic mass is 10.1. The van der Waals surface area contributed by atoms with Crippen molar-refractivity contribution < 1.29 is 9.90 Å². The van der Waals surface area contributed by atoms with Gasteiger partial charge >= 0.3 is 5.97 Å². The molecule has 86 valence electrons. The molecule has 0 amide bonds. The summed E-state index contributed by atoms with van der Waals surface area (Å²) in [7, 11) is 0. The molecule has 0 bridgehead atoms. The highest BCUT2D eigenvalue weighted by Crippen LogP contribution is 2.19. The Labute approximate surface area is 103 Å². The standard InChI is InChI=1S/C11H8ClN3O2/c12-9-6-3-5-8(10(9)11(16)17)4-1-2-7-14-15-13/h3,5-6H,2,7H2,(H,16,17). The quantitative estimate of drug-likeness (QED) is 0.293. The number of benzene rings is 1. The van der Waals surface area contributed by atoms with Gasteiger partial charge in [0, 0.05) is 23.4 Å². The number of aromatic carboxylic acids is 1. The summed E-state index contributed by atoms with van der Waals surface area (Å²) in [5.41, 5.74) is 8.39. The van der Waals surface area contributed by atoms with Gasteiger partial charge in [0.1, 0.15) is 0 Å². The van der Waals surface area contributed by atoms with Crippen LogP contribution in [-0.4, -0.2) is 17.6 Å². The Kier molecular flexibility index (Phi) is 4.89. The van der Waals surface area contributed by atoms with Gasteiger partial charge in [-0.1, -0.05) is 34.6 Å². The molecular weight excluding hydrogens is 242 g/mol. The van der Waals surface area contributed by atoms with E-state index in [2.05, 4.69) is 21.9 Å². The highest BCUT2D eigenvalue weighted by Gasteiger charge is 2.12. The Balaban J connectivity index is 2.94. The number of rotatable bonds is 3. The lowest BCUT2D eigenvalue weighted by Crippen LogP contribution is -2.01. The lowest BCUT2D eigenvalue weighted by molar-refractivity contribution is 0.0697. The molecule has 17 heavy (non-hydrogen) atoms. The highest BCUT2D eigenvalue weighted by molar-refractivity contribution is 6.33. The van der Waals surface area contributed by atoms with Crippen molar-refractivity contribution in [2.75, 3.05) is 6.54 Å². The van der Waals surface area contributed by atoms with Crippen molar-refractivity contribution in [2.45, 2.75) is 6.42 Å². The molecule has 1 aromatic carbocycles. The van der Waals surface area contributed by atoms with E-state index < -0.39 is 5.97 Å². The minimum absolute atomic E-state index is 0.00884. The van der Waals surface area contributed by atoms with Crippen molar-refractivity contribution in [3.8, 4) is 11.8 Å². The number of nitrogens with zero attached hydrogens (tertiary/aromatic N) is 3. The average molecular weight is 250 g/mol. The molecule has 0 spiro atoms. The predicted octanol–water partition coefficient (Wildman–Crippen LogP) is 3.09. The molecule has 0 saturated heterocycles. The third-order valence-electron chi connectivity index (χ3n) is 1.85. The van der Waals surface area contributed by atoms with Crippen molar-refractivity contribution in [2.24, 2.45) is 5.11 Å². The molecule has 0 aromatic heterocycles. The fourth-order valence-electron chi connectivity index (χ4n) is 1.15. The van der Waals surface area contributed by atoms with Crippen molar-refractivity contribution in [1.82, 2.24) is 0 Å². The summed E-state index contributed by atoms with van der Waals surface area (Å²) in [4.78, 5) is 13.5. The maximum absolute atomic E-state index is 11.0. The first-order valence-electron chi connectivity index (χ1n) is 4.68. The van der Waals surface area contributed by atoms with Crippen LogP contribution in [0.4, 0.5) is 0 Å². The molecule has 5 nitrogen and oxygen atoms in total. The van der Waals surface area contributed by atoms with Crippen LogP contribution in [0.2, 0.25) is 5.02 Å². The summed E-state index contributed by atoms with van der Waals surface area (Å²) in [6.07, 6.45) is 0.371. The molecule has 0 radical (unpaired) electrons. The van der Waals surface area contributed by atoms with E-state index in [1.165, 1.54) is 6.07 Å². The van der Waals surface area contributed by atoms with Crippen LogP contribution in [0.3, 0.4) is 0 Å². The average Bonchev–Trinajstić information content (AvgIpc) is 2.28. The zero-order valence-corrected chi connectivity index (χ0v) is 9.48. The number of carboxylic acids is 1. The summed E-state index contributed by atoms with van der Waals surface area (Å²) < 4.78 is 0. The maximum atomic E-state index is 11.0. The van der Waals surface area contributed by atoms with Gasteiger partial charge in [-0.05, 0) is 17.7 Å². The minimum Gasteiger partial charge on any atom is -0.478 e. The van der Waals surface area contributed by atoms with Crippen LogP contribution in [0.15, 0.2) is 23.3 Å². The molecule has 0 saturated carbocycles. The summed E-state index contributed by atoms with van der Waals surface area (Å²) in [5.74, 6) is 4.30. The van der Waals surface area contributed by atoms with Gasteiger partial charge in [0.25, 0.3) is 0 Å². The van der Waals surface area contributed by atoms with Crippen LogP contribution in [0, 0.1) is 11.8 Å². The summed E-state index contributed by atoms with van der Waals surface area (Å²) in [6.45, 7) is 0.256. The van der Waals surface area contributed by atoms with Gasteiger partial charge in [0.2, 0.25) is 0 Å². The van der Waals surface area contributed by atoms with Crippen LogP contribution in [0.1, 0.15) is 22.3 Å². The van der Waals surface area contributed by atoms with Crippen molar-refractivity contribution in [3.63, 3.8) is 0 Å². The zero-order valence-electron chi connectivity index (χ0n) is 8.72. The number of carboxylic acid groups (broad SMARTS) is 1. The van der Waals surface area contributed by atoms with E-state index in [-0.39, 0.29) is 17.1 Å². The van der Waals surface area contributed by atoms with Gasteiger partial charge in [-0.15, -0.1) is 0 Å². The summed E-state index contributed by atoms with van der Waals surface area (Å²) in [6, 6.07) is 4.71. The van der Waals surface area contributed by atoms with Crippen molar-refractivity contribution in [3.05, 3.63) is 44.8 Å². The fourth-order valence-corrected chi connectivity index (χ4v) is 1.41. The number of azide groups is 1. The van der Waals surface area contributed by atoms with Gasteiger partial charge < -0.3 is 5.11 Å². The van der Waals surface area contributed by atoms with Crippen molar-refractivity contribution in [1.29, 1.82) is 0 Å². The van der Waals surface area contributed by atoms with E-state index in [4.69, 9.17) is 22.2 Å². The van der Waals surface area contributed by atoms with Gasteiger partial charge in [-0.3, -0.25) is 0 Å². The Hall–Kier alpha value is -2.15. The maximum Gasteiger partial charge on any atom is 0.338 e. The third kappa shape index (κ3) is 3.72. The molecule has 1 rings (SSSR count). The highest BCUT2D eigenvalue weighted by atomic mass is 35.5. The third-order valence-corrected chi connectivity index (χ3v) is 2.17. The summed E-state index contributed by atoms with van der Waals surface area (Å²) >= 11 is 5.77. The van der Waals surface area contributed by atoms with Crippen molar-refractivity contribution >= 4 is 17.6 Å². The first-order valence-corrected chi connectivity index (χ1v) is 5.06. The molecular formula is C11H8ClN3O2. The molecule has 0 atom stereocenters. The first kappa shape index (κ1) is 12.9. The van der Waals surface area contributed by atoms with Crippen LogP contribution in [-0.2, 0) is 0 Å². The normalized spacial score (nSPS) is 8.76. The minimum atomic E-state index is -1.12. The van der Waals surface area contributed by atoms with Crippen LogP contribution in [0.25, 0.3) is 10.4 Å². The number of halogens is 1. The predicted molar refractivity (Wildman–Crippen MR) is 63.9 cm³/mol. The Morgan fingerprint density at radius 3 is 3.00 bits per heavy atom. The molecule has 0 fully saturated rings. The zero-order chi connectivity index (χ0) is 12.7. The van der Waals surface area contributed by atoms with Gasteiger partial charge in [-0.25, -0.2) is 4.79 Å². The second-order valence-corrected chi connectivity index (χ2v) is 3.38. The summed E-state index contributed by atoms with van der Waals surface area (Å²) in [5, 5.41) is 12.4. The van der Waals surface area contributed by atoms with E-state index in [1.807, 2.05) is 0 Å². The second-order valence-electron chi connectivity index (χ2n) is 2.97.